The minimum Gasteiger partial charge on any atom is -0.308 e. The Balaban J connectivity index is 1.60. The van der Waals surface area contributed by atoms with Gasteiger partial charge in [-0.25, -0.2) is 4.39 Å². The van der Waals surface area contributed by atoms with Gasteiger partial charge in [-0.3, -0.25) is 14.2 Å². The fraction of sp³-hybridized carbons (Fsp3) is 0.235. The largest absolute Gasteiger partial charge is 0.308 e. The second-order valence-electron chi connectivity index (χ2n) is 5.74. The zero-order chi connectivity index (χ0) is 18.7. The lowest BCUT2D eigenvalue weighted by atomic mass is 10.2. The van der Waals surface area contributed by atoms with Gasteiger partial charge in [0.05, 0.1) is 16.7 Å². The predicted octanol–water partition coefficient (Wildman–Crippen LogP) is 4.02. The van der Waals surface area contributed by atoms with Crippen LogP contribution < -0.4 is 5.32 Å². The molecule has 1 N–H and O–H groups in total. The fourth-order valence-electron chi connectivity index (χ4n) is 2.38. The molecule has 0 aliphatic heterocycles. The number of anilines is 1. The summed E-state index contributed by atoms with van der Waals surface area (Å²) in [7, 11) is 0. The maximum absolute atomic E-state index is 13.7. The molecule has 0 unspecified atom stereocenters. The van der Waals surface area contributed by atoms with E-state index >= 15 is 0 Å². The molecule has 136 valence electrons. The molecule has 1 amide bonds. The summed E-state index contributed by atoms with van der Waals surface area (Å²) in [5.41, 5.74) is 1.35. The Kier molecular flexibility index (Phi) is 5.73. The molecule has 2 heterocycles. The number of amides is 1. The number of hydrogen-bond donors (Lipinski definition) is 1. The predicted molar refractivity (Wildman–Crippen MR) is 101 cm³/mol. The molecule has 0 aliphatic carbocycles. The lowest BCUT2D eigenvalue weighted by molar-refractivity contribution is -0.116. The Morgan fingerprint density at radius 3 is 2.73 bits per heavy atom. The van der Waals surface area contributed by atoms with Gasteiger partial charge in [-0.1, -0.05) is 29.8 Å². The van der Waals surface area contributed by atoms with E-state index in [-0.39, 0.29) is 30.5 Å². The molecule has 0 saturated heterocycles. The average molecular weight is 441 g/mol. The van der Waals surface area contributed by atoms with Crippen LogP contribution in [0.3, 0.4) is 0 Å². The van der Waals surface area contributed by atoms with Crippen LogP contribution in [0.4, 0.5) is 10.2 Å². The van der Waals surface area contributed by atoms with Gasteiger partial charge < -0.3 is 5.32 Å². The van der Waals surface area contributed by atoms with Crippen molar-refractivity contribution in [3.05, 3.63) is 63.2 Å². The van der Waals surface area contributed by atoms with Crippen molar-refractivity contribution >= 4 is 39.3 Å². The van der Waals surface area contributed by atoms with E-state index in [9.17, 15) is 9.18 Å². The monoisotopic (exact) mass is 439 g/mol. The maximum Gasteiger partial charge on any atom is 0.227 e. The third-order valence-electron chi connectivity index (χ3n) is 3.72. The van der Waals surface area contributed by atoms with Crippen LogP contribution in [-0.2, 0) is 17.9 Å². The van der Waals surface area contributed by atoms with Crippen molar-refractivity contribution in [2.45, 2.75) is 26.4 Å². The molecule has 26 heavy (non-hydrogen) atoms. The summed E-state index contributed by atoms with van der Waals surface area (Å²) < 4.78 is 17.8. The van der Waals surface area contributed by atoms with Gasteiger partial charge in [-0.2, -0.15) is 10.2 Å². The lowest BCUT2D eigenvalue weighted by Crippen LogP contribution is -2.15. The second-order valence-corrected chi connectivity index (χ2v) is 7.00. The summed E-state index contributed by atoms with van der Waals surface area (Å²) in [6, 6.07) is 6.44. The molecule has 0 radical (unpaired) electrons. The Bertz CT molecular complexity index is 920. The fourth-order valence-corrected chi connectivity index (χ4v) is 2.90. The third kappa shape index (κ3) is 4.50. The van der Waals surface area contributed by atoms with Gasteiger partial charge in [0, 0.05) is 30.9 Å². The highest BCUT2D eigenvalue weighted by molar-refractivity contribution is 9.10. The molecule has 9 heteroatoms. The van der Waals surface area contributed by atoms with Gasteiger partial charge in [0.15, 0.2) is 5.82 Å². The average Bonchev–Trinajstić information content (AvgIpc) is 3.10. The summed E-state index contributed by atoms with van der Waals surface area (Å²) in [5.74, 6) is -0.288. The first-order valence-electron chi connectivity index (χ1n) is 7.88. The zero-order valence-corrected chi connectivity index (χ0v) is 16.3. The standard InChI is InChI=1S/C17H16BrClFN5O/c1-11-13(18)9-24(22-11)7-6-16(26)21-17-14(19)10-25(23-17)8-12-4-2-3-5-15(12)20/h2-5,9-10H,6-8H2,1H3,(H,21,23,26). The number of carbonyl (C=O) groups excluding carboxylic acids is 1. The number of halogens is 3. The van der Waals surface area contributed by atoms with Crippen LogP contribution in [0.2, 0.25) is 5.02 Å². The topological polar surface area (TPSA) is 64.7 Å². The first-order valence-corrected chi connectivity index (χ1v) is 9.05. The third-order valence-corrected chi connectivity index (χ3v) is 4.77. The van der Waals surface area contributed by atoms with Crippen molar-refractivity contribution in [1.82, 2.24) is 19.6 Å². The van der Waals surface area contributed by atoms with Gasteiger partial charge in [0.1, 0.15) is 10.8 Å². The number of nitrogens with one attached hydrogen (secondary N) is 1. The maximum atomic E-state index is 13.7. The summed E-state index contributed by atoms with van der Waals surface area (Å²) in [6.45, 7) is 2.54. The summed E-state index contributed by atoms with van der Waals surface area (Å²) >= 11 is 9.50. The van der Waals surface area contributed by atoms with Crippen LogP contribution in [0.5, 0.6) is 0 Å². The Morgan fingerprint density at radius 1 is 1.27 bits per heavy atom. The molecule has 0 bridgehead atoms. The highest BCUT2D eigenvalue weighted by Gasteiger charge is 2.12. The van der Waals surface area contributed by atoms with Crippen LogP contribution in [0.25, 0.3) is 0 Å². The number of rotatable bonds is 6. The van der Waals surface area contributed by atoms with Crippen LogP contribution >= 0.6 is 27.5 Å². The van der Waals surface area contributed by atoms with E-state index in [1.165, 1.54) is 10.7 Å². The van der Waals surface area contributed by atoms with Gasteiger partial charge >= 0.3 is 0 Å². The number of hydrogen-bond acceptors (Lipinski definition) is 3. The van der Waals surface area contributed by atoms with E-state index < -0.39 is 0 Å². The van der Waals surface area contributed by atoms with E-state index in [0.717, 1.165) is 10.2 Å². The number of aromatic nitrogens is 4. The number of benzene rings is 1. The number of nitrogens with zero attached hydrogens (tertiary/aromatic N) is 4. The summed E-state index contributed by atoms with van der Waals surface area (Å²) in [6.07, 6.45) is 3.60. The second kappa shape index (κ2) is 8.01. The molecule has 0 saturated carbocycles. The minimum atomic E-state index is -0.314. The van der Waals surface area contributed by atoms with Crippen molar-refractivity contribution in [1.29, 1.82) is 0 Å². The summed E-state index contributed by atoms with van der Waals surface area (Å²) in [4.78, 5) is 12.1. The minimum absolute atomic E-state index is 0.225. The number of aryl methyl sites for hydroxylation is 2. The SMILES string of the molecule is Cc1nn(CCC(=O)Nc2nn(Cc3ccccc3F)cc2Cl)cc1Br. The molecule has 3 aromatic rings. The van der Waals surface area contributed by atoms with E-state index in [2.05, 4.69) is 31.4 Å². The molecule has 1 aromatic carbocycles. The smallest absolute Gasteiger partial charge is 0.227 e. The van der Waals surface area contributed by atoms with Crippen LogP contribution in [0, 0.1) is 12.7 Å². The van der Waals surface area contributed by atoms with Crippen LogP contribution in [0.1, 0.15) is 17.7 Å². The van der Waals surface area contributed by atoms with E-state index in [0.29, 0.717) is 17.1 Å². The van der Waals surface area contributed by atoms with Crippen molar-refractivity contribution < 1.29 is 9.18 Å². The molecular formula is C17H16BrClFN5O. The Morgan fingerprint density at radius 2 is 2.04 bits per heavy atom. The first-order chi connectivity index (χ1) is 12.4. The first kappa shape index (κ1) is 18.6. The molecule has 0 fully saturated rings. The highest BCUT2D eigenvalue weighted by Crippen LogP contribution is 2.21. The van der Waals surface area contributed by atoms with E-state index in [1.54, 1.807) is 29.1 Å². The van der Waals surface area contributed by atoms with Gasteiger partial charge in [-0.05, 0) is 28.9 Å². The number of carbonyl (C=O) groups is 1. The molecule has 3 rings (SSSR count). The van der Waals surface area contributed by atoms with Crippen molar-refractivity contribution in [3.63, 3.8) is 0 Å². The molecule has 0 atom stereocenters. The van der Waals surface area contributed by atoms with Crippen molar-refractivity contribution in [2.24, 2.45) is 0 Å². The van der Waals surface area contributed by atoms with Crippen LogP contribution in [-0.4, -0.2) is 25.5 Å². The van der Waals surface area contributed by atoms with E-state index in [1.807, 2.05) is 13.1 Å². The molecule has 0 spiro atoms. The van der Waals surface area contributed by atoms with Gasteiger partial charge in [0.2, 0.25) is 5.91 Å². The van der Waals surface area contributed by atoms with Gasteiger partial charge in [0.25, 0.3) is 0 Å². The van der Waals surface area contributed by atoms with Crippen molar-refractivity contribution in [3.8, 4) is 0 Å². The van der Waals surface area contributed by atoms with Gasteiger partial charge in [-0.15, -0.1) is 0 Å². The Hall–Kier alpha value is -2.19. The molecule has 2 aromatic heterocycles. The lowest BCUT2D eigenvalue weighted by Gasteiger charge is -2.04. The highest BCUT2D eigenvalue weighted by atomic mass is 79.9. The molecule has 0 aliphatic rings. The van der Waals surface area contributed by atoms with Crippen LogP contribution in [0.15, 0.2) is 41.1 Å². The molecular weight excluding hydrogens is 425 g/mol. The normalized spacial score (nSPS) is 10.9. The quantitative estimate of drug-likeness (QED) is 0.630. The summed E-state index contributed by atoms with van der Waals surface area (Å²) in [5, 5.41) is 11.5. The Labute approximate surface area is 163 Å². The van der Waals surface area contributed by atoms with E-state index in [4.69, 9.17) is 11.6 Å². The molecule has 6 nitrogen and oxygen atoms in total. The van der Waals surface area contributed by atoms with Crippen molar-refractivity contribution in [2.75, 3.05) is 5.32 Å². The zero-order valence-electron chi connectivity index (χ0n) is 13.9.